The highest BCUT2D eigenvalue weighted by atomic mass is 16.4. The van der Waals surface area contributed by atoms with Crippen LogP contribution in [0.4, 0.5) is 0 Å². The number of nitrogens with two attached hydrogens (primary N) is 1. The van der Waals surface area contributed by atoms with Crippen molar-refractivity contribution in [2.24, 2.45) is 17.6 Å². The molecule has 1 saturated carbocycles. The Morgan fingerprint density at radius 3 is 2.02 bits per heavy atom. The number of aliphatic carboxylic acids is 1. The molecule has 15 nitrogen and oxygen atoms in total. The van der Waals surface area contributed by atoms with Gasteiger partial charge in [0, 0.05) is 30.8 Å². The van der Waals surface area contributed by atoms with E-state index in [1.54, 1.807) is 0 Å². The van der Waals surface area contributed by atoms with Crippen molar-refractivity contribution in [3.05, 3.63) is 54.1 Å². The van der Waals surface area contributed by atoms with Crippen molar-refractivity contribution >= 4 is 35.5 Å². The van der Waals surface area contributed by atoms with Crippen LogP contribution in [0.25, 0.3) is 0 Å². The molecular formula is C39H60N8O7. The number of H-pyrrole nitrogens is 1. The Kier molecular flexibility index (Phi) is 18.1. The monoisotopic (exact) mass is 752 g/mol. The standard InChI is InChI=1S/C39H60N8O7/c1-5-25(4)34(39(54)43-27-15-11-6-7-12-16-27)47-36(51)30(17-18-33(48)49)44-38(53)32(21-28-22-41-23-42-28)46-37(52)31(19-24(2)3)45-35(50)29(40)20-26-13-9-8-10-14-26/h8-10,13-14,22-25,27,29-32,34H,5-7,11-12,15-21,40H2,1-4H3,(H,41,42)(H,43,54)(H,44,53)(H,45,50)(H,46,52)(H,47,51)(H,48,49)/t25-,29+,30+,31-,32-,34+/m0/s1. The summed E-state index contributed by atoms with van der Waals surface area (Å²) in [5.74, 6) is -4.41. The Morgan fingerprint density at radius 2 is 1.43 bits per heavy atom. The number of nitrogens with one attached hydrogen (secondary N) is 6. The van der Waals surface area contributed by atoms with Gasteiger partial charge >= 0.3 is 5.97 Å². The van der Waals surface area contributed by atoms with E-state index < -0.39 is 66.2 Å². The first kappa shape index (κ1) is 43.6. The molecule has 1 aromatic carbocycles. The van der Waals surface area contributed by atoms with Gasteiger partial charge in [-0.05, 0) is 49.5 Å². The Labute approximate surface area is 318 Å². The van der Waals surface area contributed by atoms with Crippen LogP contribution in [0.2, 0.25) is 0 Å². The van der Waals surface area contributed by atoms with Crippen LogP contribution in [0.3, 0.4) is 0 Å². The predicted molar refractivity (Wildman–Crippen MR) is 204 cm³/mol. The number of aromatic nitrogens is 2. The van der Waals surface area contributed by atoms with Gasteiger partial charge in [-0.3, -0.25) is 28.8 Å². The average Bonchev–Trinajstić information content (AvgIpc) is 3.52. The maximum absolute atomic E-state index is 14.0. The van der Waals surface area contributed by atoms with Gasteiger partial charge in [0.05, 0.1) is 12.4 Å². The van der Waals surface area contributed by atoms with Crippen molar-refractivity contribution in [1.82, 2.24) is 36.6 Å². The largest absolute Gasteiger partial charge is 0.481 e. The molecule has 3 rings (SSSR count). The second kappa shape index (κ2) is 22.4. The molecular weight excluding hydrogens is 692 g/mol. The lowest BCUT2D eigenvalue weighted by atomic mass is 9.96. The number of rotatable bonds is 21. The fourth-order valence-corrected chi connectivity index (χ4v) is 6.52. The highest BCUT2D eigenvalue weighted by molar-refractivity contribution is 5.96. The lowest BCUT2D eigenvalue weighted by Crippen LogP contribution is -2.60. The number of carbonyl (C=O) groups excluding carboxylic acids is 5. The summed E-state index contributed by atoms with van der Waals surface area (Å²) in [4.78, 5) is 86.8. The summed E-state index contributed by atoms with van der Waals surface area (Å²) in [5, 5.41) is 23.5. The number of imidazole rings is 1. The Balaban J connectivity index is 1.79. The van der Waals surface area contributed by atoms with Gasteiger partial charge in [0.1, 0.15) is 24.2 Å². The number of carboxylic acids is 1. The first-order chi connectivity index (χ1) is 25.8. The fraction of sp³-hybridized carbons (Fsp3) is 0.615. The molecule has 0 aliphatic heterocycles. The minimum Gasteiger partial charge on any atom is -0.481 e. The third-order valence-corrected chi connectivity index (χ3v) is 9.86. The smallest absolute Gasteiger partial charge is 0.303 e. The predicted octanol–water partition coefficient (Wildman–Crippen LogP) is 2.26. The first-order valence-corrected chi connectivity index (χ1v) is 19.3. The lowest BCUT2D eigenvalue weighted by molar-refractivity contribution is -0.139. The van der Waals surface area contributed by atoms with E-state index in [-0.39, 0.29) is 49.5 Å². The second-order valence-corrected chi connectivity index (χ2v) is 14.9. The van der Waals surface area contributed by atoms with E-state index in [1.807, 2.05) is 58.0 Å². The fourth-order valence-electron chi connectivity index (χ4n) is 6.52. The van der Waals surface area contributed by atoms with E-state index in [4.69, 9.17) is 5.73 Å². The number of amides is 5. The molecule has 0 radical (unpaired) electrons. The van der Waals surface area contributed by atoms with Gasteiger partial charge in [-0.25, -0.2) is 4.98 Å². The van der Waals surface area contributed by atoms with E-state index in [0.29, 0.717) is 12.1 Å². The summed E-state index contributed by atoms with van der Waals surface area (Å²) < 4.78 is 0. The molecule has 5 amide bonds. The topological polar surface area (TPSA) is 238 Å². The number of nitrogens with zero attached hydrogens (tertiary/aromatic N) is 1. The van der Waals surface area contributed by atoms with E-state index in [1.165, 1.54) is 12.5 Å². The second-order valence-electron chi connectivity index (χ2n) is 14.9. The average molecular weight is 753 g/mol. The maximum atomic E-state index is 14.0. The van der Waals surface area contributed by atoms with Crippen molar-refractivity contribution in [3.63, 3.8) is 0 Å². The summed E-state index contributed by atoms with van der Waals surface area (Å²) in [5.41, 5.74) is 7.57. The molecule has 0 spiro atoms. The van der Waals surface area contributed by atoms with Crippen LogP contribution in [0, 0.1) is 11.8 Å². The van der Waals surface area contributed by atoms with E-state index in [0.717, 1.165) is 44.1 Å². The molecule has 2 aromatic rings. The van der Waals surface area contributed by atoms with Gasteiger partial charge in [0.2, 0.25) is 29.5 Å². The van der Waals surface area contributed by atoms with Gasteiger partial charge in [0.15, 0.2) is 0 Å². The van der Waals surface area contributed by atoms with Crippen molar-refractivity contribution < 1.29 is 33.9 Å². The summed E-state index contributed by atoms with van der Waals surface area (Å²) in [7, 11) is 0. The van der Waals surface area contributed by atoms with Crippen molar-refractivity contribution in [1.29, 1.82) is 0 Å². The molecule has 15 heteroatoms. The van der Waals surface area contributed by atoms with Gasteiger partial charge in [0.25, 0.3) is 0 Å². The molecule has 1 fully saturated rings. The van der Waals surface area contributed by atoms with Gasteiger partial charge in [-0.2, -0.15) is 0 Å². The molecule has 6 atom stereocenters. The van der Waals surface area contributed by atoms with Crippen molar-refractivity contribution in [2.75, 3.05) is 0 Å². The van der Waals surface area contributed by atoms with E-state index >= 15 is 0 Å². The van der Waals surface area contributed by atoms with Gasteiger partial charge < -0.3 is 42.4 Å². The molecule has 1 aliphatic carbocycles. The summed E-state index contributed by atoms with van der Waals surface area (Å²) in [6.07, 6.45) is 9.19. The summed E-state index contributed by atoms with van der Waals surface area (Å²) in [6.45, 7) is 7.53. The number of aromatic amines is 1. The number of carboxylic acid groups (broad SMARTS) is 1. The molecule has 9 N–H and O–H groups in total. The SMILES string of the molecule is CC[C@H](C)[C@@H](NC(=O)[C@@H](CCC(=O)O)NC(=O)[C@H](Cc1cnc[nH]1)NC(=O)[C@H](CC(C)C)NC(=O)[C@H](N)Cc1ccccc1)C(=O)NC1CCCCCC1. The zero-order chi connectivity index (χ0) is 39.6. The quantitative estimate of drug-likeness (QED) is 0.0872. The Morgan fingerprint density at radius 1 is 0.815 bits per heavy atom. The number of hydrogen-bond acceptors (Lipinski definition) is 8. The molecule has 0 bridgehead atoms. The minimum absolute atomic E-state index is 0.00160. The summed E-state index contributed by atoms with van der Waals surface area (Å²) >= 11 is 0. The molecule has 0 saturated heterocycles. The zero-order valence-corrected chi connectivity index (χ0v) is 32.1. The summed E-state index contributed by atoms with van der Waals surface area (Å²) in [6, 6.07) is 3.78. The van der Waals surface area contributed by atoms with Crippen LogP contribution >= 0.6 is 0 Å². The van der Waals surface area contributed by atoms with Crippen LogP contribution in [0.1, 0.15) is 103 Å². The molecule has 54 heavy (non-hydrogen) atoms. The van der Waals surface area contributed by atoms with Gasteiger partial charge in [-0.15, -0.1) is 0 Å². The highest BCUT2D eigenvalue weighted by Crippen LogP contribution is 2.18. The van der Waals surface area contributed by atoms with Crippen LogP contribution in [0.5, 0.6) is 0 Å². The molecule has 0 unspecified atom stereocenters. The number of carbonyl (C=O) groups is 6. The maximum Gasteiger partial charge on any atom is 0.303 e. The molecule has 1 aromatic heterocycles. The Hall–Kier alpha value is -4.79. The van der Waals surface area contributed by atoms with Crippen LogP contribution in [-0.4, -0.2) is 86.8 Å². The van der Waals surface area contributed by atoms with Crippen LogP contribution < -0.4 is 32.3 Å². The highest BCUT2D eigenvalue weighted by Gasteiger charge is 2.34. The van der Waals surface area contributed by atoms with E-state index in [9.17, 15) is 33.9 Å². The minimum atomic E-state index is -1.34. The number of benzene rings is 1. The zero-order valence-electron chi connectivity index (χ0n) is 32.1. The van der Waals surface area contributed by atoms with E-state index in [2.05, 4.69) is 36.6 Å². The molecule has 1 aliphatic rings. The molecule has 298 valence electrons. The normalized spacial score (nSPS) is 16.8. The third kappa shape index (κ3) is 14.9. The first-order valence-electron chi connectivity index (χ1n) is 19.3. The van der Waals surface area contributed by atoms with Gasteiger partial charge in [-0.1, -0.05) is 90.1 Å². The Bertz CT molecular complexity index is 1500. The lowest BCUT2D eigenvalue weighted by Gasteiger charge is -2.29. The van der Waals surface area contributed by atoms with Crippen LogP contribution in [0.15, 0.2) is 42.9 Å². The third-order valence-electron chi connectivity index (χ3n) is 9.86. The van der Waals surface area contributed by atoms with Crippen molar-refractivity contribution in [3.8, 4) is 0 Å². The van der Waals surface area contributed by atoms with Crippen LogP contribution in [-0.2, 0) is 41.6 Å². The number of hydrogen-bond donors (Lipinski definition) is 8. The van der Waals surface area contributed by atoms with Crippen molar-refractivity contribution in [2.45, 2.75) is 141 Å². The molecule has 1 heterocycles.